The molecule has 0 aromatic heterocycles. The Morgan fingerprint density at radius 1 is 1.80 bits per heavy atom. The first kappa shape index (κ1) is 7.24. The molecule has 0 saturated carbocycles. The maximum Gasteiger partial charge on any atom is 0.331 e. The van der Waals surface area contributed by atoms with Gasteiger partial charge in [0.25, 0.3) is 0 Å². The summed E-state index contributed by atoms with van der Waals surface area (Å²) in [6.45, 7) is -0.401. The summed E-state index contributed by atoms with van der Waals surface area (Å²) in [6.07, 6.45) is 0.979. The first-order chi connectivity index (χ1) is 4.74. The first-order valence-electron chi connectivity index (χ1n) is 2.92. The summed E-state index contributed by atoms with van der Waals surface area (Å²) in [5.74, 6) is -0.475. The van der Waals surface area contributed by atoms with Gasteiger partial charge in [0.2, 0.25) is 0 Å². The van der Waals surface area contributed by atoms with E-state index in [0.717, 1.165) is 0 Å². The van der Waals surface area contributed by atoms with Gasteiger partial charge in [-0.05, 0) is 6.08 Å². The van der Waals surface area contributed by atoms with Gasteiger partial charge in [-0.3, -0.25) is 0 Å². The third kappa shape index (κ3) is 1.34. The summed E-state index contributed by atoms with van der Waals surface area (Å²) in [7, 11) is 0. The van der Waals surface area contributed by atoms with E-state index in [1.54, 1.807) is 0 Å². The summed E-state index contributed by atoms with van der Waals surface area (Å²) < 4.78 is 4.55. The zero-order valence-corrected chi connectivity index (χ0v) is 5.23. The van der Waals surface area contributed by atoms with Gasteiger partial charge in [0, 0.05) is 6.08 Å². The lowest BCUT2D eigenvalue weighted by molar-refractivity contribution is -0.143. The van der Waals surface area contributed by atoms with Crippen molar-refractivity contribution >= 4 is 5.97 Å². The lowest BCUT2D eigenvalue weighted by atomic mass is 10.2. The van der Waals surface area contributed by atoms with Crippen LogP contribution < -0.4 is 0 Å². The van der Waals surface area contributed by atoms with E-state index < -0.39 is 24.8 Å². The highest BCUT2D eigenvalue weighted by Gasteiger charge is 2.23. The molecule has 1 aliphatic rings. The molecule has 0 aromatic carbocycles. The second-order valence-corrected chi connectivity index (χ2v) is 2.01. The van der Waals surface area contributed by atoms with Crippen LogP contribution in [0.15, 0.2) is 12.2 Å². The Morgan fingerprint density at radius 3 is 2.90 bits per heavy atom. The maximum absolute atomic E-state index is 10.4. The van der Waals surface area contributed by atoms with Gasteiger partial charge in [-0.25, -0.2) is 4.79 Å². The fourth-order valence-electron chi connectivity index (χ4n) is 0.697. The molecule has 4 nitrogen and oxygen atoms in total. The Bertz CT molecular complexity index is 163. The van der Waals surface area contributed by atoms with Crippen molar-refractivity contribution in [2.75, 3.05) is 6.61 Å². The van der Waals surface area contributed by atoms with Crippen molar-refractivity contribution in [2.45, 2.75) is 12.2 Å². The lowest BCUT2D eigenvalue weighted by Crippen LogP contribution is -2.28. The molecule has 0 amide bonds. The molecule has 2 N–H and O–H groups in total. The van der Waals surface area contributed by atoms with Crippen LogP contribution in [0.25, 0.3) is 0 Å². The van der Waals surface area contributed by atoms with Crippen LogP contribution in [0.3, 0.4) is 0 Å². The van der Waals surface area contributed by atoms with Gasteiger partial charge in [0.15, 0.2) is 0 Å². The molecular formula is C6H8O4. The van der Waals surface area contributed by atoms with Crippen LogP contribution >= 0.6 is 0 Å². The summed E-state index contributed by atoms with van der Waals surface area (Å²) in [4.78, 5) is 10.4. The van der Waals surface area contributed by atoms with Crippen molar-refractivity contribution in [3.63, 3.8) is 0 Å². The molecule has 10 heavy (non-hydrogen) atoms. The molecule has 1 heterocycles. The van der Waals surface area contributed by atoms with Crippen LogP contribution in [0.2, 0.25) is 0 Å². The molecule has 0 aliphatic carbocycles. The number of hydrogen-bond donors (Lipinski definition) is 2. The van der Waals surface area contributed by atoms with Crippen molar-refractivity contribution in [3.8, 4) is 0 Å². The number of carbonyl (C=O) groups is 1. The van der Waals surface area contributed by atoms with E-state index in [2.05, 4.69) is 4.74 Å². The molecule has 0 radical (unpaired) electrons. The Morgan fingerprint density at radius 2 is 2.50 bits per heavy atom. The average Bonchev–Trinajstić information content (AvgIpc) is 2.34. The number of rotatable bonds is 2. The third-order valence-electron chi connectivity index (χ3n) is 1.24. The molecule has 0 bridgehead atoms. The van der Waals surface area contributed by atoms with Gasteiger partial charge in [-0.1, -0.05) is 0 Å². The van der Waals surface area contributed by atoms with E-state index in [1.165, 1.54) is 12.2 Å². The largest absolute Gasteiger partial charge is 0.452 e. The molecule has 4 heteroatoms. The van der Waals surface area contributed by atoms with E-state index in [4.69, 9.17) is 10.2 Å². The highest BCUT2D eigenvalue weighted by molar-refractivity contribution is 5.84. The molecular weight excluding hydrogens is 136 g/mol. The van der Waals surface area contributed by atoms with Crippen LogP contribution in [-0.4, -0.2) is 35.0 Å². The Labute approximate surface area is 57.7 Å². The summed E-state index contributed by atoms with van der Waals surface area (Å²) in [5, 5.41) is 17.3. The molecule has 0 spiro atoms. The van der Waals surface area contributed by atoms with Crippen LogP contribution in [0, 0.1) is 0 Å². The van der Waals surface area contributed by atoms with Crippen molar-refractivity contribution in [2.24, 2.45) is 0 Å². The zero-order valence-electron chi connectivity index (χ0n) is 5.23. The minimum Gasteiger partial charge on any atom is -0.452 e. The summed E-state index contributed by atoms with van der Waals surface area (Å²) >= 11 is 0. The van der Waals surface area contributed by atoms with E-state index in [-0.39, 0.29) is 0 Å². The number of esters is 1. The van der Waals surface area contributed by atoms with Crippen LogP contribution in [-0.2, 0) is 9.53 Å². The Kier molecular flexibility index (Phi) is 2.03. The molecule has 1 rings (SSSR count). The number of aliphatic hydroxyl groups excluding tert-OH is 2. The van der Waals surface area contributed by atoms with Crippen LogP contribution in [0.4, 0.5) is 0 Å². The van der Waals surface area contributed by atoms with Gasteiger partial charge in [-0.15, -0.1) is 0 Å². The molecule has 56 valence electrons. The minimum absolute atomic E-state index is 0.401. The monoisotopic (exact) mass is 144 g/mol. The molecule has 2 atom stereocenters. The van der Waals surface area contributed by atoms with Crippen molar-refractivity contribution in [1.82, 2.24) is 0 Å². The topological polar surface area (TPSA) is 66.8 Å². The first-order valence-corrected chi connectivity index (χ1v) is 2.92. The smallest absolute Gasteiger partial charge is 0.331 e. The van der Waals surface area contributed by atoms with Crippen molar-refractivity contribution < 1.29 is 19.7 Å². The van der Waals surface area contributed by atoms with Crippen molar-refractivity contribution in [3.05, 3.63) is 12.2 Å². The van der Waals surface area contributed by atoms with E-state index in [0.29, 0.717) is 0 Å². The summed E-state index contributed by atoms with van der Waals surface area (Å²) in [5.41, 5.74) is 0. The van der Waals surface area contributed by atoms with Gasteiger partial charge < -0.3 is 14.9 Å². The molecule has 0 fully saturated rings. The molecule has 2 unspecified atom stereocenters. The number of hydrogen-bond acceptors (Lipinski definition) is 4. The number of aliphatic hydroxyl groups is 2. The van der Waals surface area contributed by atoms with E-state index >= 15 is 0 Å². The Balaban J connectivity index is 2.46. The molecule has 0 aromatic rings. The zero-order chi connectivity index (χ0) is 7.56. The molecule has 0 saturated heterocycles. The highest BCUT2D eigenvalue weighted by atomic mass is 16.6. The molecule has 1 aliphatic heterocycles. The quantitative estimate of drug-likeness (QED) is 0.479. The van der Waals surface area contributed by atoms with E-state index in [9.17, 15) is 4.79 Å². The fraction of sp³-hybridized carbons (Fsp3) is 0.500. The highest BCUT2D eigenvalue weighted by Crippen LogP contribution is 2.08. The summed E-state index contributed by atoms with van der Waals surface area (Å²) in [6, 6.07) is 0. The maximum atomic E-state index is 10.4. The normalized spacial score (nSPS) is 26.6. The second kappa shape index (κ2) is 2.81. The number of ether oxygens (including phenoxy) is 1. The third-order valence-corrected chi connectivity index (χ3v) is 1.24. The Hall–Kier alpha value is -0.870. The van der Waals surface area contributed by atoms with E-state index in [1.807, 2.05) is 0 Å². The van der Waals surface area contributed by atoms with Crippen LogP contribution in [0.5, 0.6) is 0 Å². The van der Waals surface area contributed by atoms with Gasteiger partial charge >= 0.3 is 5.97 Å². The number of cyclic esters (lactones) is 1. The fourth-order valence-corrected chi connectivity index (χ4v) is 0.697. The minimum atomic E-state index is -0.998. The SMILES string of the molecule is O=C1C=CC(C(O)CO)O1. The van der Waals surface area contributed by atoms with Gasteiger partial charge in [-0.2, -0.15) is 0 Å². The second-order valence-electron chi connectivity index (χ2n) is 2.01. The van der Waals surface area contributed by atoms with Gasteiger partial charge in [0.1, 0.15) is 12.2 Å². The predicted molar refractivity (Wildman–Crippen MR) is 32.1 cm³/mol. The van der Waals surface area contributed by atoms with Crippen LogP contribution in [0.1, 0.15) is 0 Å². The van der Waals surface area contributed by atoms with Gasteiger partial charge in [0.05, 0.1) is 6.61 Å². The van der Waals surface area contributed by atoms with Crippen molar-refractivity contribution in [1.29, 1.82) is 0 Å². The predicted octanol–water partition coefficient (Wildman–Crippen LogP) is -1.18. The average molecular weight is 144 g/mol. The lowest BCUT2D eigenvalue weighted by Gasteiger charge is -2.12. The number of carbonyl (C=O) groups excluding carboxylic acids is 1. The standard InChI is InChI=1S/C6H8O4/c7-3-4(8)5-1-2-6(9)10-5/h1-2,4-5,7-8H,3H2.